The number of nitrogens with zero attached hydrogens (tertiary/aromatic N) is 1. The van der Waals surface area contributed by atoms with Crippen molar-refractivity contribution in [3.05, 3.63) is 63.6 Å². The zero-order chi connectivity index (χ0) is 23.0. The fourth-order valence-corrected chi connectivity index (χ4v) is 4.21. The molecular formula is C24H30Cl2N2O2S. The molecule has 1 unspecified atom stereocenters. The zero-order valence-electron chi connectivity index (χ0n) is 18.5. The van der Waals surface area contributed by atoms with Gasteiger partial charge in [0, 0.05) is 40.2 Å². The summed E-state index contributed by atoms with van der Waals surface area (Å²) in [5, 5.41) is 3.93. The van der Waals surface area contributed by atoms with E-state index in [0.717, 1.165) is 10.5 Å². The molecule has 7 heteroatoms. The van der Waals surface area contributed by atoms with Crippen LogP contribution in [-0.4, -0.2) is 35.1 Å². The van der Waals surface area contributed by atoms with Crippen molar-refractivity contribution in [2.45, 2.75) is 51.6 Å². The first kappa shape index (κ1) is 25.6. The lowest BCUT2D eigenvalue weighted by molar-refractivity contribution is -0.140. The third-order valence-corrected chi connectivity index (χ3v) is 6.41. The minimum Gasteiger partial charge on any atom is -0.354 e. The highest BCUT2D eigenvalue weighted by Gasteiger charge is 2.26. The van der Waals surface area contributed by atoms with Gasteiger partial charge in [-0.1, -0.05) is 60.8 Å². The highest BCUT2D eigenvalue weighted by Crippen LogP contribution is 2.24. The zero-order valence-corrected chi connectivity index (χ0v) is 20.8. The first-order valence-corrected chi connectivity index (χ1v) is 12.1. The van der Waals surface area contributed by atoms with Gasteiger partial charge in [0.25, 0.3) is 0 Å². The molecule has 1 N–H and O–H groups in total. The molecule has 2 amide bonds. The van der Waals surface area contributed by atoms with Gasteiger partial charge >= 0.3 is 0 Å². The number of amides is 2. The second kappa shape index (κ2) is 12.4. The van der Waals surface area contributed by atoms with Gasteiger partial charge in [-0.2, -0.15) is 0 Å². The molecule has 0 aromatic heterocycles. The lowest BCUT2D eigenvalue weighted by Crippen LogP contribution is -2.48. The lowest BCUT2D eigenvalue weighted by atomic mass is 10.1. The van der Waals surface area contributed by atoms with Crippen molar-refractivity contribution in [3.63, 3.8) is 0 Å². The number of carbonyl (C=O) groups excluding carboxylic acids is 2. The summed E-state index contributed by atoms with van der Waals surface area (Å²) in [6.07, 6.45) is 0.325. The third-order valence-electron chi connectivity index (χ3n) is 4.81. The Hall–Kier alpha value is -1.69. The van der Waals surface area contributed by atoms with E-state index in [1.807, 2.05) is 20.8 Å². The molecule has 0 saturated carbocycles. The smallest absolute Gasteiger partial charge is 0.242 e. The molecule has 0 aliphatic rings. The van der Waals surface area contributed by atoms with Crippen molar-refractivity contribution < 1.29 is 9.59 Å². The minimum atomic E-state index is -0.609. The molecule has 4 nitrogen and oxygen atoms in total. The fourth-order valence-electron chi connectivity index (χ4n) is 2.90. The molecule has 0 aliphatic carbocycles. The van der Waals surface area contributed by atoms with Gasteiger partial charge in [-0.25, -0.2) is 0 Å². The molecule has 168 valence electrons. The SMILES string of the molecule is Cc1ccc(SCCC(=O)N(Cc2ccc(Cl)cc2Cl)C(C)C(=O)NCC(C)C)cc1. The van der Waals surface area contributed by atoms with Crippen LogP contribution in [0, 0.1) is 12.8 Å². The monoisotopic (exact) mass is 480 g/mol. The second-order valence-corrected chi connectivity index (χ2v) is 10.00. The Morgan fingerprint density at radius 3 is 2.35 bits per heavy atom. The summed E-state index contributed by atoms with van der Waals surface area (Å²) in [5.74, 6) is 0.709. The molecule has 2 aromatic carbocycles. The Morgan fingerprint density at radius 1 is 1.06 bits per heavy atom. The van der Waals surface area contributed by atoms with Crippen LogP contribution < -0.4 is 5.32 Å². The van der Waals surface area contributed by atoms with Crippen molar-refractivity contribution in [3.8, 4) is 0 Å². The molecule has 0 fully saturated rings. The average molecular weight is 481 g/mol. The maximum atomic E-state index is 13.1. The Balaban J connectivity index is 2.09. The van der Waals surface area contributed by atoms with Gasteiger partial charge in [0.15, 0.2) is 0 Å². The van der Waals surface area contributed by atoms with Crippen molar-refractivity contribution >= 4 is 46.8 Å². The summed E-state index contributed by atoms with van der Waals surface area (Å²) in [6.45, 7) is 8.68. The third kappa shape index (κ3) is 8.40. The van der Waals surface area contributed by atoms with Crippen molar-refractivity contribution in [2.75, 3.05) is 12.3 Å². The molecular weight excluding hydrogens is 451 g/mol. The molecule has 2 aromatic rings. The number of aryl methyl sites for hydroxylation is 1. The number of benzene rings is 2. The highest BCUT2D eigenvalue weighted by atomic mass is 35.5. The summed E-state index contributed by atoms with van der Waals surface area (Å²) in [7, 11) is 0. The fraction of sp³-hybridized carbons (Fsp3) is 0.417. The predicted molar refractivity (Wildman–Crippen MR) is 131 cm³/mol. The van der Waals surface area contributed by atoms with E-state index in [-0.39, 0.29) is 18.4 Å². The van der Waals surface area contributed by atoms with E-state index in [2.05, 4.69) is 29.6 Å². The topological polar surface area (TPSA) is 49.4 Å². The average Bonchev–Trinajstić information content (AvgIpc) is 2.72. The number of carbonyl (C=O) groups is 2. The summed E-state index contributed by atoms with van der Waals surface area (Å²) in [6, 6.07) is 12.8. The van der Waals surface area contributed by atoms with Crippen LogP contribution in [0.5, 0.6) is 0 Å². The number of rotatable bonds is 10. The van der Waals surface area contributed by atoms with Gasteiger partial charge in [-0.15, -0.1) is 11.8 Å². The largest absolute Gasteiger partial charge is 0.354 e. The van der Waals surface area contributed by atoms with Gasteiger partial charge in [-0.05, 0) is 49.6 Å². The van der Waals surface area contributed by atoms with E-state index in [4.69, 9.17) is 23.2 Å². The second-order valence-electron chi connectivity index (χ2n) is 7.98. The van der Waals surface area contributed by atoms with Crippen molar-refractivity contribution in [1.29, 1.82) is 0 Å². The van der Waals surface area contributed by atoms with Crippen LogP contribution in [0.15, 0.2) is 47.4 Å². The quantitative estimate of drug-likeness (QED) is 0.425. The van der Waals surface area contributed by atoms with Crippen LogP contribution in [0.4, 0.5) is 0 Å². The molecule has 0 heterocycles. The highest BCUT2D eigenvalue weighted by molar-refractivity contribution is 7.99. The Bertz CT molecular complexity index is 888. The van der Waals surface area contributed by atoms with E-state index in [1.165, 1.54) is 5.56 Å². The Labute approximate surface area is 199 Å². The van der Waals surface area contributed by atoms with Crippen LogP contribution in [0.2, 0.25) is 10.0 Å². The number of nitrogens with one attached hydrogen (secondary N) is 1. The van der Waals surface area contributed by atoms with Gasteiger partial charge in [0.2, 0.25) is 11.8 Å². The standard InChI is InChI=1S/C24H30Cl2N2O2S/c1-16(2)14-27-24(30)18(4)28(15-19-7-8-20(25)13-22(19)26)23(29)11-12-31-21-9-5-17(3)6-10-21/h5-10,13,16,18H,11-12,14-15H2,1-4H3,(H,27,30). The van der Waals surface area contributed by atoms with E-state index >= 15 is 0 Å². The maximum absolute atomic E-state index is 13.1. The normalized spacial score (nSPS) is 12.0. The van der Waals surface area contributed by atoms with Crippen molar-refractivity contribution in [2.24, 2.45) is 5.92 Å². The summed E-state index contributed by atoms with van der Waals surface area (Å²) in [5.41, 5.74) is 1.96. The van der Waals surface area contributed by atoms with Gasteiger partial charge in [0.1, 0.15) is 6.04 Å². The molecule has 2 rings (SSSR count). The van der Waals surface area contributed by atoms with E-state index in [1.54, 1.807) is 41.8 Å². The number of thioether (sulfide) groups is 1. The summed E-state index contributed by atoms with van der Waals surface area (Å²) < 4.78 is 0. The summed E-state index contributed by atoms with van der Waals surface area (Å²) >= 11 is 14.0. The van der Waals surface area contributed by atoms with E-state index in [0.29, 0.717) is 34.7 Å². The van der Waals surface area contributed by atoms with Crippen LogP contribution >= 0.6 is 35.0 Å². The Kier molecular flexibility index (Phi) is 10.2. The molecule has 1 atom stereocenters. The molecule has 0 aliphatic heterocycles. The van der Waals surface area contributed by atoms with Gasteiger partial charge in [-0.3, -0.25) is 9.59 Å². The lowest BCUT2D eigenvalue weighted by Gasteiger charge is -2.29. The van der Waals surface area contributed by atoms with Crippen LogP contribution in [0.3, 0.4) is 0 Å². The van der Waals surface area contributed by atoms with E-state index in [9.17, 15) is 9.59 Å². The molecule has 0 bridgehead atoms. The van der Waals surface area contributed by atoms with Gasteiger partial charge < -0.3 is 10.2 Å². The minimum absolute atomic E-state index is 0.0853. The van der Waals surface area contributed by atoms with E-state index < -0.39 is 6.04 Å². The van der Waals surface area contributed by atoms with Gasteiger partial charge in [0.05, 0.1) is 0 Å². The van der Waals surface area contributed by atoms with Crippen LogP contribution in [0.1, 0.15) is 38.3 Å². The first-order chi connectivity index (χ1) is 14.7. The summed E-state index contributed by atoms with van der Waals surface area (Å²) in [4.78, 5) is 28.5. The number of halogens is 2. The van der Waals surface area contributed by atoms with Crippen LogP contribution in [-0.2, 0) is 16.1 Å². The van der Waals surface area contributed by atoms with Crippen LogP contribution in [0.25, 0.3) is 0 Å². The number of hydrogen-bond acceptors (Lipinski definition) is 3. The molecule has 0 saturated heterocycles. The number of hydrogen-bond donors (Lipinski definition) is 1. The van der Waals surface area contributed by atoms with Crippen molar-refractivity contribution in [1.82, 2.24) is 10.2 Å². The first-order valence-electron chi connectivity index (χ1n) is 10.4. The maximum Gasteiger partial charge on any atom is 0.242 e. The molecule has 0 spiro atoms. The molecule has 31 heavy (non-hydrogen) atoms. The predicted octanol–water partition coefficient (Wildman–Crippen LogP) is 5.97. The Morgan fingerprint density at radius 2 is 1.74 bits per heavy atom. The molecule has 0 radical (unpaired) electrons.